The molecule has 3 aromatic rings. The van der Waals surface area contributed by atoms with Gasteiger partial charge in [0.2, 0.25) is 0 Å². The maximum Gasteiger partial charge on any atom is 0.137 e. The summed E-state index contributed by atoms with van der Waals surface area (Å²) in [5.41, 5.74) is 2.05. The molecule has 0 saturated carbocycles. The Labute approximate surface area is 126 Å². The van der Waals surface area contributed by atoms with E-state index < -0.39 is 0 Å². The number of aromatic amines is 1. The number of halogens is 1. The van der Waals surface area contributed by atoms with Crippen molar-refractivity contribution >= 4 is 46.9 Å². The molecule has 0 aliphatic rings. The molecule has 0 amide bonds. The van der Waals surface area contributed by atoms with Crippen molar-refractivity contribution < 1.29 is 0 Å². The molecule has 0 aliphatic heterocycles. The van der Waals surface area contributed by atoms with E-state index in [2.05, 4.69) is 9.97 Å². The van der Waals surface area contributed by atoms with Gasteiger partial charge in [-0.3, -0.25) is 0 Å². The molecular weight excluding hydrogens is 288 g/mol. The van der Waals surface area contributed by atoms with Gasteiger partial charge in [-0.2, -0.15) is 0 Å². The van der Waals surface area contributed by atoms with Crippen LogP contribution in [0.5, 0.6) is 0 Å². The van der Waals surface area contributed by atoms with E-state index in [0.717, 1.165) is 22.3 Å². The van der Waals surface area contributed by atoms with Crippen molar-refractivity contribution in [2.24, 2.45) is 0 Å². The van der Waals surface area contributed by atoms with Crippen molar-refractivity contribution in [3.63, 3.8) is 0 Å². The smallest absolute Gasteiger partial charge is 0.137 e. The van der Waals surface area contributed by atoms with E-state index in [0.29, 0.717) is 9.66 Å². The Bertz CT molecular complexity index is 838. The number of nitrogens with zero attached hydrogens (tertiary/aromatic N) is 1. The molecule has 0 saturated heterocycles. The molecule has 0 unspecified atom stereocenters. The Kier molecular flexibility index (Phi) is 3.63. The van der Waals surface area contributed by atoms with Gasteiger partial charge >= 0.3 is 0 Å². The summed E-state index contributed by atoms with van der Waals surface area (Å²) < 4.78 is 0.550. The number of benzene rings is 2. The zero-order valence-corrected chi connectivity index (χ0v) is 12.1. The number of nitrogens with one attached hydrogen (secondary N) is 1. The minimum absolute atomic E-state index is 0.550. The number of H-pyrrole nitrogens is 1. The highest BCUT2D eigenvalue weighted by Crippen LogP contribution is 2.19. The predicted molar refractivity (Wildman–Crippen MR) is 87.3 cm³/mol. The monoisotopic (exact) mass is 298 g/mol. The molecule has 0 bridgehead atoms. The predicted octanol–water partition coefficient (Wildman–Crippen LogP) is 5.12. The summed E-state index contributed by atoms with van der Waals surface area (Å²) in [6.07, 6.45) is 3.91. The second-order valence-electron chi connectivity index (χ2n) is 4.36. The first kappa shape index (κ1) is 13.0. The highest BCUT2D eigenvalue weighted by molar-refractivity contribution is 7.71. The number of hydrogen-bond acceptors (Lipinski definition) is 2. The molecular formula is C16H11ClN2S. The lowest BCUT2D eigenvalue weighted by molar-refractivity contribution is 1.17. The lowest BCUT2D eigenvalue weighted by Gasteiger charge is -2.01. The molecule has 0 radical (unpaired) electrons. The first-order valence-electron chi connectivity index (χ1n) is 6.15. The van der Waals surface area contributed by atoms with Crippen LogP contribution in [0.1, 0.15) is 11.4 Å². The quantitative estimate of drug-likeness (QED) is 0.666. The normalized spacial score (nSPS) is 11.2. The van der Waals surface area contributed by atoms with Gasteiger partial charge in [0.05, 0.1) is 5.52 Å². The Morgan fingerprint density at radius 3 is 2.65 bits per heavy atom. The summed E-state index contributed by atoms with van der Waals surface area (Å²) in [7, 11) is 0. The van der Waals surface area contributed by atoms with Crippen LogP contribution < -0.4 is 0 Å². The van der Waals surface area contributed by atoms with E-state index in [-0.39, 0.29) is 0 Å². The molecule has 3 rings (SSSR count). The number of fused-ring (bicyclic) bond motifs is 1. The maximum atomic E-state index is 5.97. The van der Waals surface area contributed by atoms with Crippen LogP contribution >= 0.6 is 23.8 Å². The van der Waals surface area contributed by atoms with E-state index in [1.165, 1.54) is 0 Å². The highest BCUT2D eigenvalue weighted by atomic mass is 35.5. The summed E-state index contributed by atoms with van der Waals surface area (Å²) in [6.45, 7) is 0. The van der Waals surface area contributed by atoms with Crippen LogP contribution in [-0.2, 0) is 0 Å². The summed E-state index contributed by atoms with van der Waals surface area (Å²) in [4.78, 5) is 7.61. The molecule has 4 heteroatoms. The van der Waals surface area contributed by atoms with E-state index in [1.54, 1.807) is 0 Å². The molecule has 0 spiro atoms. The third-order valence-corrected chi connectivity index (χ3v) is 3.48. The molecule has 0 fully saturated rings. The fraction of sp³-hybridized carbons (Fsp3) is 0. The fourth-order valence-electron chi connectivity index (χ4n) is 1.96. The van der Waals surface area contributed by atoms with E-state index >= 15 is 0 Å². The molecule has 2 nitrogen and oxygen atoms in total. The van der Waals surface area contributed by atoms with E-state index in [9.17, 15) is 0 Å². The van der Waals surface area contributed by atoms with Crippen molar-refractivity contribution in [3.8, 4) is 0 Å². The lowest BCUT2D eigenvalue weighted by atomic mass is 10.2. The van der Waals surface area contributed by atoms with Gasteiger partial charge in [0, 0.05) is 10.4 Å². The summed E-state index contributed by atoms with van der Waals surface area (Å²) in [6, 6.07) is 15.6. The van der Waals surface area contributed by atoms with Gasteiger partial charge in [0.1, 0.15) is 10.5 Å². The van der Waals surface area contributed by atoms with Crippen molar-refractivity contribution in [1.82, 2.24) is 9.97 Å². The second-order valence-corrected chi connectivity index (χ2v) is 5.18. The molecule has 1 aromatic heterocycles. The number of hydrogen-bond donors (Lipinski definition) is 1. The largest absolute Gasteiger partial charge is 0.340 e. The van der Waals surface area contributed by atoms with Crippen LogP contribution in [0, 0.1) is 4.64 Å². The SMILES string of the molecule is S=c1nc(/C=C/c2ccccc2)[nH]c2ccc(Cl)cc12. The minimum atomic E-state index is 0.550. The molecule has 1 N–H and O–H groups in total. The highest BCUT2D eigenvalue weighted by Gasteiger charge is 2.00. The molecule has 0 aliphatic carbocycles. The third kappa shape index (κ3) is 2.79. The van der Waals surface area contributed by atoms with Crippen LogP contribution in [0.3, 0.4) is 0 Å². The average molecular weight is 299 g/mol. The topological polar surface area (TPSA) is 28.7 Å². The Morgan fingerprint density at radius 1 is 1.05 bits per heavy atom. The molecule has 0 atom stereocenters. The van der Waals surface area contributed by atoms with Gasteiger partial charge in [-0.05, 0) is 29.8 Å². The second kappa shape index (κ2) is 5.57. The Hall–Kier alpha value is -1.97. The van der Waals surface area contributed by atoms with Crippen LogP contribution in [0.15, 0.2) is 48.5 Å². The Balaban J connectivity index is 2.03. The number of aromatic nitrogens is 2. The van der Waals surface area contributed by atoms with Gasteiger partial charge < -0.3 is 4.98 Å². The molecule has 98 valence electrons. The van der Waals surface area contributed by atoms with Crippen molar-refractivity contribution in [2.75, 3.05) is 0 Å². The summed E-state index contributed by atoms with van der Waals surface area (Å²) in [5, 5.41) is 1.52. The lowest BCUT2D eigenvalue weighted by Crippen LogP contribution is -1.90. The van der Waals surface area contributed by atoms with Crippen molar-refractivity contribution in [3.05, 3.63) is 69.6 Å². The van der Waals surface area contributed by atoms with Crippen LogP contribution in [-0.4, -0.2) is 9.97 Å². The van der Waals surface area contributed by atoms with Gasteiger partial charge in [-0.1, -0.05) is 60.2 Å². The Morgan fingerprint density at radius 2 is 1.85 bits per heavy atom. The van der Waals surface area contributed by atoms with Crippen molar-refractivity contribution in [2.45, 2.75) is 0 Å². The van der Waals surface area contributed by atoms with Gasteiger partial charge in [-0.15, -0.1) is 0 Å². The molecule has 20 heavy (non-hydrogen) atoms. The summed E-state index contributed by atoms with van der Waals surface area (Å²) in [5.74, 6) is 0.730. The molecule has 1 heterocycles. The van der Waals surface area contributed by atoms with Gasteiger partial charge in [-0.25, -0.2) is 4.98 Å². The fourth-order valence-corrected chi connectivity index (χ4v) is 2.40. The van der Waals surface area contributed by atoms with Gasteiger partial charge in [0.15, 0.2) is 0 Å². The zero-order valence-electron chi connectivity index (χ0n) is 10.5. The van der Waals surface area contributed by atoms with Crippen LogP contribution in [0.2, 0.25) is 5.02 Å². The van der Waals surface area contributed by atoms with Crippen molar-refractivity contribution in [1.29, 1.82) is 0 Å². The minimum Gasteiger partial charge on any atom is -0.340 e. The van der Waals surface area contributed by atoms with Gasteiger partial charge in [0.25, 0.3) is 0 Å². The first-order chi connectivity index (χ1) is 9.72. The van der Waals surface area contributed by atoms with Crippen LogP contribution in [0.4, 0.5) is 0 Å². The summed E-state index contributed by atoms with van der Waals surface area (Å²) >= 11 is 11.3. The standard InChI is InChI=1S/C16H11ClN2S/c17-12-7-8-14-13(10-12)16(20)19-15(18-14)9-6-11-4-2-1-3-5-11/h1-10H,(H,18,19,20)/b9-6+. The molecule has 2 aromatic carbocycles. The van der Waals surface area contributed by atoms with E-state index in [4.69, 9.17) is 23.8 Å². The maximum absolute atomic E-state index is 5.97. The first-order valence-corrected chi connectivity index (χ1v) is 6.94. The van der Waals surface area contributed by atoms with E-state index in [1.807, 2.05) is 60.7 Å². The third-order valence-electron chi connectivity index (χ3n) is 2.93. The number of rotatable bonds is 2. The van der Waals surface area contributed by atoms with Crippen LogP contribution in [0.25, 0.3) is 23.1 Å². The average Bonchev–Trinajstić information content (AvgIpc) is 2.47. The zero-order chi connectivity index (χ0) is 13.9.